The molecule has 1 amide bonds. The number of likely N-dealkylation sites (N-methyl/N-ethyl adjacent to an activating group) is 1. The molecule has 1 saturated heterocycles. The molecule has 20 heavy (non-hydrogen) atoms. The van der Waals surface area contributed by atoms with Gasteiger partial charge in [-0.3, -0.25) is 4.79 Å². The lowest BCUT2D eigenvalue weighted by Gasteiger charge is -2.26. The van der Waals surface area contributed by atoms with Crippen molar-refractivity contribution < 1.29 is 13.2 Å². The minimum Gasteiger partial charge on any atom is -0.339 e. The number of amides is 1. The summed E-state index contributed by atoms with van der Waals surface area (Å²) in [5.74, 6) is 0.300. The fourth-order valence-corrected chi connectivity index (χ4v) is 5.29. The van der Waals surface area contributed by atoms with Crippen LogP contribution in [0, 0.1) is 13.8 Å². The third kappa shape index (κ3) is 3.38. The van der Waals surface area contributed by atoms with Crippen LogP contribution in [0.3, 0.4) is 0 Å². The summed E-state index contributed by atoms with van der Waals surface area (Å²) in [7, 11) is -2.96. The van der Waals surface area contributed by atoms with Crippen LogP contribution in [0.1, 0.15) is 28.9 Å². The molecule has 1 aromatic heterocycles. The zero-order valence-electron chi connectivity index (χ0n) is 12.0. The van der Waals surface area contributed by atoms with Gasteiger partial charge in [0, 0.05) is 17.5 Å². The Bertz CT molecular complexity index is 607. The van der Waals surface area contributed by atoms with E-state index in [-0.39, 0.29) is 23.5 Å². The first-order valence-electron chi connectivity index (χ1n) is 6.75. The van der Waals surface area contributed by atoms with E-state index in [4.69, 9.17) is 0 Å². The van der Waals surface area contributed by atoms with E-state index in [9.17, 15) is 13.2 Å². The van der Waals surface area contributed by atoms with Gasteiger partial charge in [0.2, 0.25) is 5.91 Å². The molecule has 7 heteroatoms. The first-order chi connectivity index (χ1) is 9.32. The van der Waals surface area contributed by atoms with Gasteiger partial charge in [0.05, 0.1) is 28.6 Å². The maximum absolute atomic E-state index is 12.4. The number of hydrogen-bond acceptors (Lipinski definition) is 5. The van der Waals surface area contributed by atoms with Crippen LogP contribution in [0.5, 0.6) is 0 Å². The number of aromatic nitrogens is 1. The molecule has 1 fully saturated rings. The number of hydrogen-bond donors (Lipinski definition) is 0. The first-order valence-corrected chi connectivity index (χ1v) is 9.39. The van der Waals surface area contributed by atoms with Crippen molar-refractivity contribution in [1.29, 1.82) is 0 Å². The van der Waals surface area contributed by atoms with Gasteiger partial charge < -0.3 is 4.90 Å². The SMILES string of the molecule is CCN(C(=O)Cc1sc(C)nc1C)[C@@H]1CCS(=O)(=O)C1. The summed E-state index contributed by atoms with van der Waals surface area (Å²) in [6.07, 6.45) is 0.879. The molecular weight excluding hydrogens is 296 g/mol. The Balaban J connectivity index is 2.08. The number of nitrogens with zero attached hydrogens (tertiary/aromatic N) is 2. The Morgan fingerprint density at radius 2 is 2.15 bits per heavy atom. The monoisotopic (exact) mass is 316 g/mol. The summed E-state index contributed by atoms with van der Waals surface area (Å²) in [5, 5.41) is 0.955. The molecule has 0 unspecified atom stereocenters. The van der Waals surface area contributed by atoms with Crippen molar-refractivity contribution in [1.82, 2.24) is 9.88 Å². The second-order valence-corrected chi connectivity index (χ2v) is 8.67. The molecule has 1 aliphatic heterocycles. The maximum atomic E-state index is 12.4. The van der Waals surface area contributed by atoms with Crippen molar-refractivity contribution in [2.24, 2.45) is 0 Å². The minimum atomic E-state index is -2.96. The Morgan fingerprint density at radius 3 is 2.60 bits per heavy atom. The van der Waals surface area contributed by atoms with Crippen LogP contribution in [0.25, 0.3) is 0 Å². The van der Waals surface area contributed by atoms with Crippen molar-refractivity contribution in [2.75, 3.05) is 18.1 Å². The average molecular weight is 316 g/mol. The van der Waals surface area contributed by atoms with Gasteiger partial charge in [0.25, 0.3) is 0 Å². The van der Waals surface area contributed by atoms with Gasteiger partial charge in [-0.25, -0.2) is 13.4 Å². The third-order valence-electron chi connectivity index (χ3n) is 3.62. The van der Waals surface area contributed by atoms with Crippen LogP contribution in [-0.4, -0.2) is 48.3 Å². The number of thiazole rings is 1. The van der Waals surface area contributed by atoms with E-state index in [2.05, 4.69) is 4.98 Å². The lowest BCUT2D eigenvalue weighted by Crippen LogP contribution is -2.41. The average Bonchev–Trinajstić information content (AvgIpc) is 2.83. The van der Waals surface area contributed by atoms with E-state index in [1.165, 1.54) is 11.3 Å². The summed E-state index contributed by atoms with van der Waals surface area (Å²) in [4.78, 5) is 19.4. The molecule has 0 bridgehead atoms. The molecule has 1 aliphatic rings. The topological polar surface area (TPSA) is 67.3 Å². The van der Waals surface area contributed by atoms with Crippen molar-refractivity contribution in [2.45, 2.75) is 39.7 Å². The largest absolute Gasteiger partial charge is 0.339 e. The standard InChI is InChI=1S/C13H20N2O3S2/c1-4-15(11-5-6-20(17,18)8-11)13(16)7-12-9(2)14-10(3)19-12/h11H,4-8H2,1-3H3/t11-/m1/s1. The highest BCUT2D eigenvalue weighted by Crippen LogP contribution is 2.22. The van der Waals surface area contributed by atoms with E-state index in [0.29, 0.717) is 19.4 Å². The maximum Gasteiger partial charge on any atom is 0.228 e. The molecule has 0 aromatic carbocycles. The number of carbonyl (C=O) groups excluding carboxylic acids is 1. The van der Waals surface area contributed by atoms with Gasteiger partial charge in [-0.05, 0) is 27.2 Å². The Hall–Kier alpha value is -0.950. The van der Waals surface area contributed by atoms with Crippen LogP contribution in [0.2, 0.25) is 0 Å². The fraction of sp³-hybridized carbons (Fsp3) is 0.692. The highest BCUT2D eigenvalue weighted by Gasteiger charge is 2.34. The second kappa shape index (κ2) is 5.81. The van der Waals surface area contributed by atoms with Crippen LogP contribution in [0.4, 0.5) is 0 Å². The molecule has 5 nitrogen and oxygen atoms in total. The molecule has 112 valence electrons. The zero-order valence-corrected chi connectivity index (χ0v) is 13.7. The lowest BCUT2D eigenvalue weighted by atomic mass is 10.2. The summed E-state index contributed by atoms with van der Waals surface area (Å²) in [6, 6.07) is -0.160. The van der Waals surface area contributed by atoms with Crippen LogP contribution in [0.15, 0.2) is 0 Å². The summed E-state index contributed by atoms with van der Waals surface area (Å²) in [6.45, 7) is 6.28. The summed E-state index contributed by atoms with van der Waals surface area (Å²) in [5.41, 5.74) is 0.899. The molecule has 0 spiro atoms. The molecular formula is C13H20N2O3S2. The number of carbonyl (C=O) groups is 1. The fourth-order valence-electron chi connectivity index (χ4n) is 2.64. The molecule has 0 radical (unpaired) electrons. The Morgan fingerprint density at radius 1 is 1.45 bits per heavy atom. The van der Waals surface area contributed by atoms with Gasteiger partial charge >= 0.3 is 0 Å². The van der Waals surface area contributed by atoms with Crippen molar-refractivity contribution in [3.63, 3.8) is 0 Å². The van der Waals surface area contributed by atoms with Gasteiger partial charge in [-0.2, -0.15) is 0 Å². The van der Waals surface area contributed by atoms with E-state index >= 15 is 0 Å². The van der Waals surface area contributed by atoms with E-state index in [1.807, 2.05) is 20.8 Å². The number of rotatable bonds is 4. The predicted molar refractivity (Wildman–Crippen MR) is 79.7 cm³/mol. The van der Waals surface area contributed by atoms with Crippen LogP contribution in [-0.2, 0) is 21.1 Å². The molecule has 0 saturated carbocycles. The summed E-state index contributed by atoms with van der Waals surface area (Å²) >= 11 is 1.54. The number of sulfone groups is 1. The zero-order chi connectivity index (χ0) is 14.9. The van der Waals surface area contributed by atoms with Gasteiger partial charge in [0.15, 0.2) is 9.84 Å². The molecule has 0 N–H and O–H groups in total. The molecule has 1 atom stereocenters. The van der Waals surface area contributed by atoms with Gasteiger partial charge in [0.1, 0.15) is 0 Å². The lowest BCUT2D eigenvalue weighted by molar-refractivity contribution is -0.132. The second-order valence-electron chi connectivity index (χ2n) is 5.15. The van der Waals surface area contributed by atoms with E-state index in [1.54, 1.807) is 4.90 Å². The van der Waals surface area contributed by atoms with E-state index in [0.717, 1.165) is 15.6 Å². The quantitative estimate of drug-likeness (QED) is 0.840. The van der Waals surface area contributed by atoms with Crippen LogP contribution >= 0.6 is 11.3 Å². The smallest absolute Gasteiger partial charge is 0.228 e. The molecule has 1 aromatic rings. The predicted octanol–water partition coefficient (Wildman–Crippen LogP) is 1.34. The van der Waals surface area contributed by atoms with Crippen molar-refractivity contribution in [3.8, 4) is 0 Å². The van der Waals surface area contributed by atoms with E-state index < -0.39 is 9.84 Å². The Labute approximate surface area is 123 Å². The summed E-state index contributed by atoms with van der Waals surface area (Å²) < 4.78 is 23.1. The van der Waals surface area contributed by atoms with Gasteiger partial charge in [-0.1, -0.05) is 0 Å². The van der Waals surface area contributed by atoms with Crippen molar-refractivity contribution in [3.05, 3.63) is 15.6 Å². The van der Waals surface area contributed by atoms with Crippen LogP contribution < -0.4 is 0 Å². The normalized spacial score (nSPS) is 21.1. The van der Waals surface area contributed by atoms with Gasteiger partial charge in [-0.15, -0.1) is 11.3 Å². The molecule has 0 aliphatic carbocycles. The first kappa shape index (κ1) is 15.4. The minimum absolute atomic E-state index is 0.00125. The Kier molecular flexibility index (Phi) is 4.49. The van der Waals surface area contributed by atoms with Crippen molar-refractivity contribution >= 4 is 27.1 Å². The highest BCUT2D eigenvalue weighted by atomic mass is 32.2. The highest BCUT2D eigenvalue weighted by molar-refractivity contribution is 7.91. The third-order valence-corrected chi connectivity index (χ3v) is 6.44. The molecule has 2 heterocycles. The molecule has 2 rings (SSSR count). The number of aryl methyl sites for hydroxylation is 2.